The molecule has 1 amide bonds. The minimum Gasteiger partial charge on any atom is -0.504 e. The molecule has 0 fully saturated rings. The maximum atomic E-state index is 13.5. The highest BCUT2D eigenvalue weighted by molar-refractivity contribution is 5.99. The smallest absolute Gasteiger partial charge is 0.290 e. The Morgan fingerprint density at radius 1 is 1.00 bits per heavy atom. The molecule has 2 heterocycles. The molecule has 1 N–H and O–H groups in total. The Morgan fingerprint density at radius 2 is 1.75 bits per heavy atom. The van der Waals surface area contributed by atoms with E-state index in [-0.39, 0.29) is 28.6 Å². The Kier molecular flexibility index (Phi) is 4.90. The number of methoxy groups -OCH3 is 1. The summed E-state index contributed by atoms with van der Waals surface area (Å²) in [6.07, 6.45) is 0.625. The number of ether oxygens (including phenoxy) is 1. The van der Waals surface area contributed by atoms with Crippen LogP contribution in [0.1, 0.15) is 33.3 Å². The number of carbonyl (C=O) groups is 1. The van der Waals surface area contributed by atoms with Gasteiger partial charge in [0, 0.05) is 6.54 Å². The number of hydrogen-bond donors (Lipinski definition) is 1. The number of phenolic OH excluding ortho intramolecular Hbond substituents is 1. The van der Waals surface area contributed by atoms with E-state index in [1.54, 1.807) is 41.3 Å². The lowest BCUT2D eigenvalue weighted by molar-refractivity contribution is 0.0730. The third-order valence-electron chi connectivity index (χ3n) is 5.88. The first-order chi connectivity index (χ1) is 15.6. The van der Waals surface area contributed by atoms with E-state index in [0.29, 0.717) is 35.1 Å². The largest absolute Gasteiger partial charge is 0.504 e. The summed E-state index contributed by atoms with van der Waals surface area (Å²) < 4.78 is 11.2. The number of benzene rings is 3. The molecule has 0 saturated carbocycles. The van der Waals surface area contributed by atoms with Gasteiger partial charge in [-0.05, 0) is 41.8 Å². The Morgan fingerprint density at radius 3 is 2.53 bits per heavy atom. The van der Waals surface area contributed by atoms with Crippen LogP contribution in [0.3, 0.4) is 0 Å². The van der Waals surface area contributed by atoms with Gasteiger partial charge in [0.15, 0.2) is 16.9 Å². The van der Waals surface area contributed by atoms with Crippen LogP contribution in [0.4, 0.5) is 0 Å². The van der Waals surface area contributed by atoms with Gasteiger partial charge in [0.2, 0.25) is 5.76 Å². The maximum absolute atomic E-state index is 13.5. The van der Waals surface area contributed by atoms with Gasteiger partial charge in [-0.2, -0.15) is 0 Å². The summed E-state index contributed by atoms with van der Waals surface area (Å²) in [4.78, 5) is 28.6. The molecule has 1 aromatic heterocycles. The molecular weight excluding hydrogens is 406 g/mol. The Balaban J connectivity index is 1.66. The number of rotatable bonds is 5. The van der Waals surface area contributed by atoms with Gasteiger partial charge < -0.3 is 19.2 Å². The Bertz CT molecular complexity index is 1380. The zero-order valence-corrected chi connectivity index (χ0v) is 17.4. The van der Waals surface area contributed by atoms with Crippen molar-refractivity contribution in [3.8, 4) is 11.5 Å². The van der Waals surface area contributed by atoms with Gasteiger partial charge in [-0.25, -0.2) is 0 Å². The molecule has 1 aliphatic rings. The fraction of sp³-hybridized carbons (Fsp3) is 0.154. The SMILES string of the molecule is COc1cc(C2c3c(oc4ccccc4c3=O)C(=O)N2CCc2ccccc2)ccc1O. The van der Waals surface area contributed by atoms with Crippen LogP contribution in [-0.4, -0.2) is 29.6 Å². The minimum absolute atomic E-state index is 0.0119. The van der Waals surface area contributed by atoms with Crippen LogP contribution < -0.4 is 10.2 Å². The van der Waals surface area contributed by atoms with Gasteiger partial charge in [-0.1, -0.05) is 48.5 Å². The zero-order valence-electron chi connectivity index (χ0n) is 17.4. The number of aromatic hydroxyl groups is 1. The van der Waals surface area contributed by atoms with Crippen molar-refractivity contribution in [1.29, 1.82) is 0 Å². The van der Waals surface area contributed by atoms with E-state index in [9.17, 15) is 14.7 Å². The molecule has 0 bridgehead atoms. The molecule has 6 nitrogen and oxygen atoms in total. The molecule has 0 spiro atoms. The number of carbonyl (C=O) groups excluding carboxylic acids is 1. The minimum atomic E-state index is -0.642. The number of phenols is 1. The molecule has 1 atom stereocenters. The molecule has 0 radical (unpaired) electrons. The highest BCUT2D eigenvalue weighted by atomic mass is 16.5. The van der Waals surface area contributed by atoms with Crippen molar-refractivity contribution in [2.45, 2.75) is 12.5 Å². The monoisotopic (exact) mass is 427 g/mol. The first-order valence-corrected chi connectivity index (χ1v) is 10.4. The van der Waals surface area contributed by atoms with Crippen LogP contribution in [0.25, 0.3) is 11.0 Å². The molecule has 1 aliphatic heterocycles. The summed E-state index contributed by atoms with van der Waals surface area (Å²) in [5, 5.41) is 10.5. The Labute approximate surface area is 184 Å². The van der Waals surface area contributed by atoms with Crippen LogP contribution in [0, 0.1) is 0 Å². The average molecular weight is 427 g/mol. The molecule has 1 unspecified atom stereocenters. The van der Waals surface area contributed by atoms with Crippen molar-refractivity contribution < 1.29 is 19.1 Å². The number of fused-ring (bicyclic) bond motifs is 2. The first kappa shape index (κ1) is 19.9. The van der Waals surface area contributed by atoms with E-state index >= 15 is 0 Å². The summed E-state index contributed by atoms with van der Waals surface area (Å²) in [7, 11) is 1.46. The molecule has 0 saturated heterocycles. The van der Waals surface area contributed by atoms with Crippen molar-refractivity contribution in [3.05, 3.63) is 105 Å². The number of amides is 1. The first-order valence-electron chi connectivity index (χ1n) is 10.4. The van der Waals surface area contributed by atoms with Crippen LogP contribution in [-0.2, 0) is 6.42 Å². The van der Waals surface area contributed by atoms with Crippen LogP contribution in [0.5, 0.6) is 11.5 Å². The van der Waals surface area contributed by atoms with Gasteiger partial charge in [-0.15, -0.1) is 0 Å². The van der Waals surface area contributed by atoms with E-state index in [0.717, 1.165) is 5.56 Å². The van der Waals surface area contributed by atoms with Crippen molar-refractivity contribution >= 4 is 16.9 Å². The summed E-state index contributed by atoms with van der Waals surface area (Å²) in [5.74, 6) is 0.00777. The van der Waals surface area contributed by atoms with E-state index in [2.05, 4.69) is 0 Å². The van der Waals surface area contributed by atoms with Gasteiger partial charge in [-0.3, -0.25) is 9.59 Å². The fourth-order valence-corrected chi connectivity index (χ4v) is 4.30. The standard InChI is InChI=1S/C26H21NO5/c1-31-21-15-17(11-12-19(21)28)23-22-24(29)18-9-5-6-10-20(18)32-25(22)26(30)27(23)14-13-16-7-3-2-4-8-16/h2-12,15,23,28H,13-14H2,1H3. The van der Waals surface area contributed by atoms with E-state index < -0.39 is 6.04 Å². The highest BCUT2D eigenvalue weighted by Crippen LogP contribution is 2.40. The van der Waals surface area contributed by atoms with Crippen LogP contribution in [0.15, 0.2) is 82.0 Å². The van der Waals surface area contributed by atoms with Gasteiger partial charge in [0.1, 0.15) is 5.58 Å². The molecule has 6 heteroatoms. The molecule has 160 valence electrons. The molecule has 5 rings (SSSR count). The normalized spacial score (nSPS) is 15.2. The Hall–Kier alpha value is -4.06. The van der Waals surface area contributed by atoms with E-state index in [1.807, 2.05) is 30.3 Å². The quantitative estimate of drug-likeness (QED) is 0.514. The molecule has 4 aromatic rings. The van der Waals surface area contributed by atoms with Gasteiger partial charge in [0.05, 0.1) is 24.1 Å². The highest BCUT2D eigenvalue weighted by Gasteiger charge is 2.42. The molecule has 32 heavy (non-hydrogen) atoms. The second-order valence-electron chi connectivity index (χ2n) is 7.74. The summed E-state index contributed by atoms with van der Waals surface area (Å²) in [5.41, 5.74) is 2.23. The summed E-state index contributed by atoms with van der Waals surface area (Å²) in [6.45, 7) is 0.399. The van der Waals surface area contributed by atoms with E-state index in [1.165, 1.54) is 13.2 Å². The predicted molar refractivity (Wildman–Crippen MR) is 120 cm³/mol. The van der Waals surface area contributed by atoms with Gasteiger partial charge >= 0.3 is 0 Å². The third-order valence-corrected chi connectivity index (χ3v) is 5.88. The third kappa shape index (κ3) is 3.21. The summed E-state index contributed by atoms with van der Waals surface area (Å²) >= 11 is 0. The van der Waals surface area contributed by atoms with E-state index in [4.69, 9.17) is 9.15 Å². The second-order valence-corrected chi connectivity index (χ2v) is 7.74. The predicted octanol–water partition coefficient (Wildman–Crippen LogP) is 4.30. The van der Waals surface area contributed by atoms with Gasteiger partial charge in [0.25, 0.3) is 5.91 Å². The topological polar surface area (TPSA) is 80.0 Å². The van der Waals surface area contributed by atoms with Crippen molar-refractivity contribution in [2.75, 3.05) is 13.7 Å². The number of hydrogen-bond acceptors (Lipinski definition) is 5. The molecular formula is C26H21NO5. The number of nitrogens with zero attached hydrogens (tertiary/aromatic N) is 1. The van der Waals surface area contributed by atoms with Crippen LogP contribution >= 0.6 is 0 Å². The summed E-state index contributed by atoms with van der Waals surface area (Å²) in [6, 6.07) is 21.0. The molecule has 0 aliphatic carbocycles. The zero-order chi connectivity index (χ0) is 22.2. The van der Waals surface area contributed by atoms with Crippen LogP contribution in [0.2, 0.25) is 0 Å². The maximum Gasteiger partial charge on any atom is 0.290 e. The fourth-order valence-electron chi connectivity index (χ4n) is 4.30. The lowest BCUT2D eigenvalue weighted by Crippen LogP contribution is -2.31. The van der Waals surface area contributed by atoms with Crippen molar-refractivity contribution in [1.82, 2.24) is 4.90 Å². The van der Waals surface area contributed by atoms with Crippen molar-refractivity contribution in [3.63, 3.8) is 0 Å². The lowest BCUT2D eigenvalue weighted by atomic mass is 9.98. The number of para-hydroxylation sites is 1. The second kappa shape index (κ2) is 7.89. The average Bonchev–Trinajstić information content (AvgIpc) is 3.10. The van der Waals surface area contributed by atoms with Crippen molar-refractivity contribution in [2.24, 2.45) is 0 Å². The molecule has 3 aromatic carbocycles. The lowest BCUT2D eigenvalue weighted by Gasteiger charge is -2.25.